The van der Waals surface area contributed by atoms with Crippen LogP contribution in [0.1, 0.15) is 38.5 Å². The summed E-state index contributed by atoms with van der Waals surface area (Å²) in [6.07, 6.45) is 6.13. The van der Waals surface area contributed by atoms with Gasteiger partial charge in [0, 0.05) is 0 Å². The minimum absolute atomic E-state index is 0.115. The van der Waals surface area contributed by atoms with Gasteiger partial charge in [0.2, 0.25) is 0 Å². The smallest absolute Gasteiger partial charge is 0.0598 e. The first-order valence-corrected chi connectivity index (χ1v) is 5.13. The van der Waals surface area contributed by atoms with Gasteiger partial charge in [0.15, 0.2) is 0 Å². The minimum atomic E-state index is -0.138. The SMILES string of the molecule is OC1CC2CCCCC(C1)C2O. The van der Waals surface area contributed by atoms with Gasteiger partial charge in [-0.15, -0.1) is 0 Å². The zero-order chi connectivity index (χ0) is 8.55. The van der Waals surface area contributed by atoms with Gasteiger partial charge in [-0.25, -0.2) is 0 Å². The standard InChI is InChI=1S/C10H18O2/c11-9-5-7-3-1-2-4-8(6-9)10(7)12/h7-12H,1-6H2. The summed E-state index contributed by atoms with van der Waals surface area (Å²) in [4.78, 5) is 0. The van der Waals surface area contributed by atoms with Gasteiger partial charge < -0.3 is 10.2 Å². The van der Waals surface area contributed by atoms with Gasteiger partial charge in [0.25, 0.3) is 0 Å². The van der Waals surface area contributed by atoms with Gasteiger partial charge in [-0.2, -0.15) is 0 Å². The summed E-state index contributed by atoms with van der Waals surface area (Å²) in [6, 6.07) is 0. The van der Waals surface area contributed by atoms with E-state index in [0.717, 1.165) is 25.7 Å². The van der Waals surface area contributed by atoms with Crippen molar-refractivity contribution in [1.29, 1.82) is 0 Å². The number of rotatable bonds is 0. The maximum absolute atomic E-state index is 9.88. The van der Waals surface area contributed by atoms with E-state index in [1.54, 1.807) is 0 Å². The highest BCUT2D eigenvalue weighted by Crippen LogP contribution is 2.38. The molecule has 0 heterocycles. The van der Waals surface area contributed by atoms with Crippen molar-refractivity contribution in [1.82, 2.24) is 0 Å². The van der Waals surface area contributed by atoms with Gasteiger partial charge in [-0.3, -0.25) is 0 Å². The predicted molar refractivity (Wildman–Crippen MR) is 46.7 cm³/mol. The largest absolute Gasteiger partial charge is 0.393 e. The molecule has 0 saturated heterocycles. The molecule has 2 heteroatoms. The Morgan fingerprint density at radius 3 is 1.83 bits per heavy atom. The van der Waals surface area contributed by atoms with Crippen molar-refractivity contribution in [3.05, 3.63) is 0 Å². The van der Waals surface area contributed by atoms with E-state index in [2.05, 4.69) is 0 Å². The predicted octanol–water partition coefficient (Wildman–Crippen LogP) is 1.31. The monoisotopic (exact) mass is 170 g/mol. The number of fused-ring (bicyclic) bond motifs is 2. The third-order valence-corrected chi connectivity index (χ3v) is 3.52. The van der Waals surface area contributed by atoms with Crippen LogP contribution in [0.25, 0.3) is 0 Å². The molecule has 2 unspecified atom stereocenters. The molecule has 2 N–H and O–H groups in total. The maximum Gasteiger partial charge on any atom is 0.0598 e. The second-order valence-electron chi connectivity index (χ2n) is 4.42. The molecule has 0 spiro atoms. The quantitative estimate of drug-likeness (QED) is 0.575. The average molecular weight is 170 g/mol. The molecule has 2 aliphatic rings. The molecule has 2 bridgehead atoms. The molecule has 0 aromatic carbocycles. The Morgan fingerprint density at radius 2 is 1.33 bits per heavy atom. The van der Waals surface area contributed by atoms with Crippen LogP contribution in [0.15, 0.2) is 0 Å². The second kappa shape index (κ2) is 3.35. The molecule has 0 aromatic heterocycles. The van der Waals surface area contributed by atoms with Crippen LogP contribution < -0.4 is 0 Å². The van der Waals surface area contributed by atoms with Crippen LogP contribution in [-0.4, -0.2) is 22.4 Å². The van der Waals surface area contributed by atoms with Crippen molar-refractivity contribution in [3.8, 4) is 0 Å². The molecule has 2 rings (SSSR count). The van der Waals surface area contributed by atoms with E-state index < -0.39 is 0 Å². The molecule has 0 aliphatic heterocycles. The molecule has 2 atom stereocenters. The third kappa shape index (κ3) is 1.50. The van der Waals surface area contributed by atoms with Crippen LogP contribution >= 0.6 is 0 Å². The van der Waals surface area contributed by atoms with E-state index in [0.29, 0.717) is 11.8 Å². The molecule has 2 aliphatic carbocycles. The Balaban J connectivity index is 2.08. The van der Waals surface area contributed by atoms with Crippen molar-refractivity contribution in [2.45, 2.75) is 50.7 Å². The van der Waals surface area contributed by atoms with Crippen LogP contribution in [-0.2, 0) is 0 Å². The zero-order valence-electron chi connectivity index (χ0n) is 7.45. The van der Waals surface area contributed by atoms with Crippen molar-refractivity contribution in [2.75, 3.05) is 0 Å². The van der Waals surface area contributed by atoms with Gasteiger partial charge in [0.1, 0.15) is 0 Å². The average Bonchev–Trinajstić information content (AvgIpc) is 2.19. The minimum Gasteiger partial charge on any atom is -0.393 e. The van der Waals surface area contributed by atoms with E-state index in [9.17, 15) is 10.2 Å². The van der Waals surface area contributed by atoms with E-state index in [1.807, 2.05) is 0 Å². The second-order valence-corrected chi connectivity index (χ2v) is 4.42. The van der Waals surface area contributed by atoms with Gasteiger partial charge >= 0.3 is 0 Å². The van der Waals surface area contributed by atoms with Gasteiger partial charge in [-0.1, -0.05) is 12.8 Å². The Kier molecular flexibility index (Phi) is 2.37. The van der Waals surface area contributed by atoms with Crippen molar-refractivity contribution >= 4 is 0 Å². The molecule has 0 aromatic rings. The highest BCUT2D eigenvalue weighted by Gasteiger charge is 2.36. The third-order valence-electron chi connectivity index (χ3n) is 3.52. The Morgan fingerprint density at radius 1 is 0.833 bits per heavy atom. The first-order chi connectivity index (χ1) is 5.77. The Hall–Kier alpha value is -0.0800. The summed E-state index contributed by atoms with van der Waals surface area (Å²) in [7, 11) is 0. The van der Waals surface area contributed by atoms with Crippen molar-refractivity contribution < 1.29 is 10.2 Å². The fourth-order valence-corrected chi connectivity index (χ4v) is 2.85. The van der Waals surface area contributed by atoms with Crippen LogP contribution in [0.4, 0.5) is 0 Å². The molecule has 0 radical (unpaired) electrons. The molecule has 2 nitrogen and oxygen atoms in total. The molecule has 2 fully saturated rings. The highest BCUT2D eigenvalue weighted by atomic mass is 16.3. The maximum atomic E-state index is 9.88. The highest BCUT2D eigenvalue weighted by molar-refractivity contribution is 4.88. The van der Waals surface area contributed by atoms with E-state index in [4.69, 9.17) is 0 Å². The fraction of sp³-hybridized carbons (Fsp3) is 1.00. The van der Waals surface area contributed by atoms with Crippen LogP contribution in [0.2, 0.25) is 0 Å². The molecule has 12 heavy (non-hydrogen) atoms. The van der Waals surface area contributed by atoms with E-state index >= 15 is 0 Å². The summed E-state index contributed by atoms with van der Waals surface area (Å²) in [6.45, 7) is 0. The molecular formula is C10H18O2. The Labute approximate surface area is 73.6 Å². The number of aliphatic hydroxyl groups is 2. The van der Waals surface area contributed by atoms with Crippen molar-refractivity contribution in [3.63, 3.8) is 0 Å². The Bertz CT molecular complexity index is 142. The van der Waals surface area contributed by atoms with Gasteiger partial charge in [0.05, 0.1) is 12.2 Å². The lowest BCUT2D eigenvalue weighted by atomic mass is 9.76. The first kappa shape index (κ1) is 8.52. The lowest BCUT2D eigenvalue weighted by molar-refractivity contribution is -0.0340. The summed E-state index contributed by atoms with van der Waals surface area (Å²) in [5.74, 6) is 0.780. The summed E-state index contributed by atoms with van der Waals surface area (Å²) in [5, 5.41) is 19.4. The van der Waals surface area contributed by atoms with E-state index in [1.165, 1.54) is 12.8 Å². The van der Waals surface area contributed by atoms with E-state index in [-0.39, 0.29) is 12.2 Å². The summed E-state index contributed by atoms with van der Waals surface area (Å²) >= 11 is 0. The number of hydrogen-bond acceptors (Lipinski definition) is 2. The van der Waals surface area contributed by atoms with Crippen LogP contribution in [0.3, 0.4) is 0 Å². The fourth-order valence-electron chi connectivity index (χ4n) is 2.85. The molecular weight excluding hydrogens is 152 g/mol. The molecule has 2 saturated carbocycles. The lowest BCUT2D eigenvalue weighted by Gasteiger charge is -2.35. The zero-order valence-corrected chi connectivity index (χ0v) is 7.45. The molecule has 0 amide bonds. The molecule has 70 valence electrons. The van der Waals surface area contributed by atoms with Crippen molar-refractivity contribution in [2.24, 2.45) is 11.8 Å². The number of aliphatic hydroxyl groups excluding tert-OH is 2. The van der Waals surface area contributed by atoms with Crippen LogP contribution in [0, 0.1) is 11.8 Å². The van der Waals surface area contributed by atoms with Crippen LogP contribution in [0.5, 0.6) is 0 Å². The topological polar surface area (TPSA) is 40.5 Å². The number of hydrogen-bond donors (Lipinski definition) is 2. The summed E-state index contributed by atoms with van der Waals surface area (Å²) in [5.41, 5.74) is 0. The van der Waals surface area contributed by atoms with Gasteiger partial charge in [-0.05, 0) is 37.5 Å². The normalized spacial score (nSPS) is 48.5. The lowest BCUT2D eigenvalue weighted by Crippen LogP contribution is -2.37. The summed E-state index contributed by atoms with van der Waals surface area (Å²) < 4.78 is 0. The first-order valence-electron chi connectivity index (χ1n) is 5.13.